The molecular formula is C50H31NOS. The Hall–Kier alpha value is -6.68. The van der Waals surface area contributed by atoms with E-state index in [-0.39, 0.29) is 0 Å². The highest BCUT2D eigenvalue weighted by Crippen LogP contribution is 2.46. The standard InChI is InChI=1S/C50H31NOS/c1-2-14-35(15-3-1)51(46-22-10-13-32-12-4-5-16-37(32)46)36-28-29-48-44(30-36)45-31-43(39-17-6-7-19-42(39)50(45)53-48)34-26-24-33(25-27-34)38-20-11-21-41-40-18-8-9-23-47(40)52-49(38)41/h1-31H. The van der Waals surface area contributed by atoms with Crippen LogP contribution < -0.4 is 4.90 Å². The van der Waals surface area contributed by atoms with Crippen molar-refractivity contribution in [3.8, 4) is 22.3 Å². The first-order valence-electron chi connectivity index (χ1n) is 18.0. The molecule has 0 atom stereocenters. The summed E-state index contributed by atoms with van der Waals surface area (Å²) in [5.41, 5.74) is 9.97. The number of furan rings is 1. The fraction of sp³-hybridized carbons (Fsp3) is 0. The molecule has 0 N–H and O–H groups in total. The zero-order valence-corrected chi connectivity index (χ0v) is 29.5. The zero-order valence-electron chi connectivity index (χ0n) is 28.7. The van der Waals surface area contributed by atoms with Crippen molar-refractivity contribution in [2.75, 3.05) is 4.90 Å². The third kappa shape index (κ3) is 4.78. The van der Waals surface area contributed by atoms with Crippen molar-refractivity contribution < 1.29 is 4.42 Å². The first-order chi connectivity index (χ1) is 26.3. The van der Waals surface area contributed by atoms with E-state index < -0.39 is 0 Å². The Morgan fingerprint density at radius 1 is 0.396 bits per heavy atom. The average Bonchev–Trinajstić information content (AvgIpc) is 3.80. The van der Waals surface area contributed by atoms with Crippen molar-refractivity contribution in [1.29, 1.82) is 0 Å². The molecule has 0 fully saturated rings. The van der Waals surface area contributed by atoms with E-state index in [2.05, 4.69) is 181 Å². The van der Waals surface area contributed by atoms with Gasteiger partial charge in [0.15, 0.2) is 0 Å². The van der Waals surface area contributed by atoms with Crippen molar-refractivity contribution in [1.82, 2.24) is 0 Å². The Labute approximate surface area is 310 Å². The van der Waals surface area contributed by atoms with Gasteiger partial charge in [-0.25, -0.2) is 0 Å². The molecule has 0 radical (unpaired) electrons. The van der Waals surface area contributed by atoms with Crippen molar-refractivity contribution in [2.45, 2.75) is 0 Å². The minimum atomic E-state index is 0.918. The smallest absolute Gasteiger partial charge is 0.143 e. The minimum absolute atomic E-state index is 0.918. The van der Waals surface area contributed by atoms with E-state index in [9.17, 15) is 0 Å². The number of rotatable bonds is 5. The largest absolute Gasteiger partial charge is 0.455 e. The van der Waals surface area contributed by atoms with Gasteiger partial charge < -0.3 is 9.32 Å². The van der Waals surface area contributed by atoms with Gasteiger partial charge in [-0.2, -0.15) is 0 Å². The van der Waals surface area contributed by atoms with E-state index in [1.54, 1.807) is 0 Å². The Morgan fingerprint density at radius 3 is 1.91 bits per heavy atom. The number of thiophene rings is 1. The van der Waals surface area contributed by atoms with Crippen LogP contribution in [-0.2, 0) is 0 Å². The molecule has 2 nitrogen and oxygen atoms in total. The monoisotopic (exact) mass is 693 g/mol. The van der Waals surface area contributed by atoms with Gasteiger partial charge in [0.1, 0.15) is 11.2 Å². The summed E-state index contributed by atoms with van der Waals surface area (Å²) in [4.78, 5) is 2.40. The second-order valence-electron chi connectivity index (χ2n) is 13.7. The highest BCUT2D eigenvalue weighted by atomic mass is 32.1. The van der Waals surface area contributed by atoms with Crippen molar-refractivity contribution in [3.05, 3.63) is 188 Å². The molecule has 9 aromatic carbocycles. The van der Waals surface area contributed by atoms with Gasteiger partial charge in [-0.15, -0.1) is 11.3 Å². The summed E-state index contributed by atoms with van der Waals surface area (Å²) in [6, 6.07) is 67.9. The van der Waals surface area contributed by atoms with E-state index in [0.717, 1.165) is 50.1 Å². The molecule has 0 saturated carbocycles. The molecule has 0 saturated heterocycles. The lowest BCUT2D eigenvalue weighted by Crippen LogP contribution is -2.10. The van der Waals surface area contributed by atoms with Gasteiger partial charge in [0.05, 0.1) is 5.69 Å². The molecule has 11 rings (SSSR count). The Balaban J connectivity index is 1.08. The third-order valence-corrected chi connectivity index (χ3v) is 11.9. The Bertz CT molecular complexity index is 3170. The first-order valence-corrected chi connectivity index (χ1v) is 18.8. The van der Waals surface area contributed by atoms with Crippen LogP contribution in [0.25, 0.3) is 85.9 Å². The lowest BCUT2D eigenvalue weighted by Gasteiger charge is -2.27. The number of anilines is 3. The highest BCUT2D eigenvalue weighted by molar-refractivity contribution is 7.26. The summed E-state index contributed by atoms with van der Waals surface area (Å²) in [6.45, 7) is 0. The molecule has 11 aromatic rings. The molecule has 3 heteroatoms. The van der Waals surface area contributed by atoms with Crippen LogP contribution in [-0.4, -0.2) is 0 Å². The third-order valence-electron chi connectivity index (χ3n) is 10.7. The maximum absolute atomic E-state index is 6.39. The fourth-order valence-corrected chi connectivity index (χ4v) is 9.38. The van der Waals surface area contributed by atoms with Crippen LogP contribution >= 0.6 is 11.3 Å². The predicted octanol–water partition coefficient (Wildman–Crippen LogP) is 15.1. The molecule has 0 spiro atoms. The van der Waals surface area contributed by atoms with E-state index in [4.69, 9.17) is 4.42 Å². The predicted molar refractivity (Wildman–Crippen MR) is 227 cm³/mol. The minimum Gasteiger partial charge on any atom is -0.455 e. The SMILES string of the molecule is c1ccc(N(c2ccc3sc4c5ccccc5c(-c5ccc(-c6cccc7c6oc6ccccc67)cc5)cc4c3c2)c2cccc3ccccc23)cc1. The summed E-state index contributed by atoms with van der Waals surface area (Å²) in [6.07, 6.45) is 0. The summed E-state index contributed by atoms with van der Waals surface area (Å²) in [5, 5.41) is 9.84. The number of para-hydroxylation sites is 3. The van der Waals surface area contributed by atoms with Gasteiger partial charge in [0.25, 0.3) is 0 Å². The molecule has 0 bridgehead atoms. The van der Waals surface area contributed by atoms with E-state index >= 15 is 0 Å². The quantitative estimate of drug-likeness (QED) is 0.178. The van der Waals surface area contributed by atoms with E-state index in [0.29, 0.717) is 0 Å². The van der Waals surface area contributed by atoms with Gasteiger partial charge in [0.2, 0.25) is 0 Å². The van der Waals surface area contributed by atoms with Crippen LogP contribution in [0.3, 0.4) is 0 Å². The van der Waals surface area contributed by atoms with Crippen LogP contribution in [0.4, 0.5) is 17.1 Å². The Morgan fingerprint density at radius 2 is 1.06 bits per heavy atom. The van der Waals surface area contributed by atoms with Crippen LogP contribution in [0.1, 0.15) is 0 Å². The summed E-state index contributed by atoms with van der Waals surface area (Å²) in [7, 11) is 0. The van der Waals surface area contributed by atoms with E-state index in [1.165, 1.54) is 52.8 Å². The zero-order chi connectivity index (χ0) is 34.9. The maximum atomic E-state index is 6.39. The molecule has 0 aliphatic carbocycles. The summed E-state index contributed by atoms with van der Waals surface area (Å²) in [5.74, 6) is 0. The number of benzene rings is 9. The van der Waals surface area contributed by atoms with Crippen LogP contribution in [0.5, 0.6) is 0 Å². The van der Waals surface area contributed by atoms with Gasteiger partial charge >= 0.3 is 0 Å². The molecule has 53 heavy (non-hydrogen) atoms. The van der Waals surface area contributed by atoms with Crippen LogP contribution in [0.2, 0.25) is 0 Å². The average molecular weight is 694 g/mol. The van der Waals surface area contributed by atoms with Gasteiger partial charge in [-0.3, -0.25) is 0 Å². The van der Waals surface area contributed by atoms with Crippen LogP contribution in [0, 0.1) is 0 Å². The van der Waals surface area contributed by atoms with E-state index in [1.807, 2.05) is 23.5 Å². The number of fused-ring (bicyclic) bond motifs is 9. The van der Waals surface area contributed by atoms with Gasteiger partial charge in [-0.05, 0) is 76.0 Å². The first kappa shape index (κ1) is 30.0. The fourth-order valence-electron chi connectivity index (χ4n) is 8.18. The van der Waals surface area contributed by atoms with Gasteiger partial charge in [-0.1, -0.05) is 140 Å². The molecule has 2 heterocycles. The van der Waals surface area contributed by atoms with Gasteiger partial charge in [0, 0.05) is 58.7 Å². The molecular weight excluding hydrogens is 663 g/mol. The second kappa shape index (κ2) is 11.9. The van der Waals surface area contributed by atoms with Crippen molar-refractivity contribution in [3.63, 3.8) is 0 Å². The molecule has 0 aliphatic heterocycles. The normalized spacial score (nSPS) is 11.8. The Kier molecular flexibility index (Phi) is 6.76. The number of nitrogens with zero attached hydrogens (tertiary/aromatic N) is 1. The number of hydrogen-bond acceptors (Lipinski definition) is 3. The summed E-state index contributed by atoms with van der Waals surface area (Å²) >= 11 is 1.88. The second-order valence-corrected chi connectivity index (χ2v) is 14.7. The maximum Gasteiger partial charge on any atom is 0.143 e. The molecule has 248 valence electrons. The molecule has 0 unspecified atom stereocenters. The highest BCUT2D eigenvalue weighted by Gasteiger charge is 2.19. The lowest BCUT2D eigenvalue weighted by atomic mass is 9.94. The topological polar surface area (TPSA) is 16.4 Å². The molecule has 0 amide bonds. The van der Waals surface area contributed by atoms with Crippen molar-refractivity contribution >= 4 is 92.1 Å². The molecule has 2 aromatic heterocycles. The molecule has 0 aliphatic rings. The number of hydrogen-bond donors (Lipinski definition) is 0. The lowest BCUT2D eigenvalue weighted by molar-refractivity contribution is 0.670. The van der Waals surface area contributed by atoms with Crippen molar-refractivity contribution in [2.24, 2.45) is 0 Å². The van der Waals surface area contributed by atoms with Crippen LogP contribution in [0.15, 0.2) is 192 Å². The summed E-state index contributed by atoms with van der Waals surface area (Å²) < 4.78 is 9.00.